The Morgan fingerprint density at radius 2 is 2.24 bits per heavy atom. The molecule has 0 amide bonds. The molecule has 0 radical (unpaired) electrons. The molecule has 0 aromatic carbocycles. The van der Waals surface area contributed by atoms with E-state index >= 15 is 0 Å². The molecule has 0 unspecified atom stereocenters. The van der Waals surface area contributed by atoms with Gasteiger partial charge in [-0.1, -0.05) is 0 Å². The molecule has 2 atom stereocenters. The third kappa shape index (κ3) is 1.92. The van der Waals surface area contributed by atoms with E-state index in [1.54, 1.807) is 19.9 Å². The molecule has 0 fully saturated rings. The van der Waals surface area contributed by atoms with E-state index in [1.165, 1.54) is 13.1 Å². The molecule has 0 spiro atoms. The molecule has 0 aliphatic carbocycles. The number of ketones is 1. The van der Waals surface area contributed by atoms with Crippen molar-refractivity contribution in [1.29, 1.82) is 0 Å². The fourth-order valence-corrected chi connectivity index (χ4v) is 1.90. The number of carbonyl (C=O) groups excluding carboxylic acids is 1. The Labute approximate surface area is 99.6 Å². The zero-order valence-corrected chi connectivity index (χ0v) is 10.1. The lowest BCUT2D eigenvalue weighted by Crippen LogP contribution is -2.51. The maximum Gasteiger partial charge on any atom is 0.218 e. The first-order valence-electron chi connectivity index (χ1n) is 5.46. The van der Waals surface area contributed by atoms with Gasteiger partial charge in [-0.3, -0.25) is 4.79 Å². The lowest BCUT2D eigenvalue weighted by atomic mass is 9.88. The average molecular weight is 236 g/mol. The zero-order chi connectivity index (χ0) is 12.8. The number of fused-ring (bicyclic) bond motifs is 1. The molecule has 0 saturated carbocycles. The van der Waals surface area contributed by atoms with Crippen LogP contribution in [0, 0.1) is 0 Å². The molecule has 92 valence electrons. The number of hydrogen-bond donors (Lipinski definition) is 2. The van der Waals surface area contributed by atoms with Gasteiger partial charge in [-0.05, 0) is 26.8 Å². The number of hydrogen-bond acceptors (Lipinski definition) is 5. The second-order valence-corrected chi connectivity index (χ2v) is 4.85. The minimum absolute atomic E-state index is 0.0909. The molecule has 0 bridgehead atoms. The van der Waals surface area contributed by atoms with Crippen LogP contribution >= 0.6 is 0 Å². The minimum atomic E-state index is -0.834. The van der Waals surface area contributed by atoms with E-state index < -0.39 is 17.7 Å². The first kappa shape index (κ1) is 12.0. The maximum absolute atomic E-state index is 11.3. The van der Waals surface area contributed by atoms with Crippen molar-refractivity contribution < 1.29 is 14.6 Å². The fraction of sp³-hybridized carbons (Fsp3) is 0.500. The van der Waals surface area contributed by atoms with Crippen LogP contribution in [0.5, 0.6) is 5.88 Å². The quantitative estimate of drug-likeness (QED) is 0.705. The SMILES string of the molecule is CC(=O)c1cnc2c(c1)[C@H](N)[C@@H](O)C(C)(C)O2. The summed E-state index contributed by atoms with van der Waals surface area (Å²) >= 11 is 0. The Hall–Kier alpha value is -1.46. The van der Waals surface area contributed by atoms with E-state index in [-0.39, 0.29) is 5.78 Å². The van der Waals surface area contributed by atoms with Gasteiger partial charge in [-0.15, -0.1) is 0 Å². The molecule has 2 rings (SSSR count). The Balaban J connectivity index is 2.50. The van der Waals surface area contributed by atoms with E-state index in [9.17, 15) is 9.90 Å². The lowest BCUT2D eigenvalue weighted by Gasteiger charge is -2.39. The van der Waals surface area contributed by atoms with Gasteiger partial charge in [0.2, 0.25) is 5.88 Å². The lowest BCUT2D eigenvalue weighted by molar-refractivity contribution is -0.0601. The van der Waals surface area contributed by atoms with Crippen LogP contribution in [0.4, 0.5) is 0 Å². The van der Waals surface area contributed by atoms with Crippen LogP contribution in [0.3, 0.4) is 0 Å². The van der Waals surface area contributed by atoms with Crippen LogP contribution in [0.2, 0.25) is 0 Å². The first-order chi connectivity index (χ1) is 7.83. The van der Waals surface area contributed by atoms with Crippen molar-refractivity contribution in [2.45, 2.75) is 38.5 Å². The molecule has 3 N–H and O–H groups in total. The molecule has 17 heavy (non-hydrogen) atoms. The van der Waals surface area contributed by atoms with Crippen LogP contribution in [-0.2, 0) is 0 Å². The van der Waals surface area contributed by atoms with Crippen molar-refractivity contribution >= 4 is 5.78 Å². The van der Waals surface area contributed by atoms with E-state index in [4.69, 9.17) is 10.5 Å². The standard InChI is InChI=1S/C12H16N2O3/c1-6(15)7-4-8-9(13)10(16)12(2,3)17-11(8)14-5-7/h4-5,9-10,16H,13H2,1-3H3/t9-,10+/m0/s1. The monoisotopic (exact) mass is 236 g/mol. The number of nitrogens with two attached hydrogens (primary N) is 1. The normalized spacial score (nSPS) is 25.9. The highest BCUT2D eigenvalue weighted by molar-refractivity contribution is 5.94. The van der Waals surface area contributed by atoms with E-state index in [0.29, 0.717) is 17.0 Å². The third-order valence-corrected chi connectivity index (χ3v) is 3.06. The zero-order valence-electron chi connectivity index (χ0n) is 10.1. The number of aliphatic hydroxyl groups is 1. The molecule has 0 saturated heterocycles. The fourth-order valence-electron chi connectivity index (χ4n) is 1.90. The predicted molar refractivity (Wildman–Crippen MR) is 61.9 cm³/mol. The first-order valence-corrected chi connectivity index (χ1v) is 5.46. The molecule has 1 aromatic rings. The second kappa shape index (κ2) is 3.78. The molecule has 1 aliphatic heterocycles. The molecule has 2 heterocycles. The number of Topliss-reactive ketones (excluding diaryl/α,β-unsaturated/α-hetero) is 1. The summed E-state index contributed by atoms with van der Waals surface area (Å²) in [5.41, 5.74) is 6.21. The molecule has 5 nitrogen and oxygen atoms in total. The van der Waals surface area contributed by atoms with Gasteiger partial charge < -0.3 is 15.6 Å². The van der Waals surface area contributed by atoms with Crippen molar-refractivity contribution in [2.75, 3.05) is 0 Å². The molecule has 1 aromatic heterocycles. The van der Waals surface area contributed by atoms with E-state index in [1.807, 2.05) is 0 Å². The smallest absolute Gasteiger partial charge is 0.218 e. The van der Waals surface area contributed by atoms with Crippen LogP contribution in [0.1, 0.15) is 42.7 Å². The molecular formula is C12H16N2O3. The van der Waals surface area contributed by atoms with Gasteiger partial charge >= 0.3 is 0 Å². The van der Waals surface area contributed by atoms with Gasteiger partial charge in [0.05, 0.1) is 6.04 Å². The number of aliphatic hydroxyl groups excluding tert-OH is 1. The van der Waals surface area contributed by atoms with E-state index in [2.05, 4.69) is 4.98 Å². The summed E-state index contributed by atoms with van der Waals surface area (Å²) in [6.45, 7) is 4.96. The van der Waals surface area contributed by atoms with Crippen molar-refractivity contribution in [2.24, 2.45) is 5.73 Å². The molecular weight excluding hydrogens is 220 g/mol. The van der Waals surface area contributed by atoms with Gasteiger partial charge in [-0.2, -0.15) is 0 Å². The summed E-state index contributed by atoms with van der Waals surface area (Å²) in [5, 5.41) is 10.0. The van der Waals surface area contributed by atoms with Gasteiger partial charge in [-0.25, -0.2) is 4.98 Å². The van der Waals surface area contributed by atoms with Crippen LogP contribution in [-0.4, -0.2) is 27.6 Å². The Kier molecular flexibility index (Phi) is 2.67. The highest BCUT2D eigenvalue weighted by Crippen LogP contribution is 2.37. The summed E-state index contributed by atoms with van der Waals surface area (Å²) in [6, 6.07) is 1.04. The average Bonchev–Trinajstić information content (AvgIpc) is 2.25. The summed E-state index contributed by atoms with van der Waals surface area (Å²) in [5.74, 6) is 0.296. The van der Waals surface area contributed by atoms with Crippen molar-refractivity contribution in [3.05, 3.63) is 23.4 Å². The van der Waals surface area contributed by atoms with Crippen molar-refractivity contribution in [3.63, 3.8) is 0 Å². The highest BCUT2D eigenvalue weighted by Gasteiger charge is 2.42. The highest BCUT2D eigenvalue weighted by atomic mass is 16.5. The molecule has 5 heteroatoms. The molecule has 1 aliphatic rings. The Morgan fingerprint density at radius 1 is 1.59 bits per heavy atom. The summed E-state index contributed by atoms with van der Waals surface area (Å²) in [4.78, 5) is 15.3. The third-order valence-electron chi connectivity index (χ3n) is 3.06. The summed E-state index contributed by atoms with van der Waals surface area (Å²) < 4.78 is 5.58. The number of ether oxygens (including phenoxy) is 1. The van der Waals surface area contributed by atoms with Crippen molar-refractivity contribution in [3.8, 4) is 5.88 Å². The van der Waals surface area contributed by atoms with E-state index in [0.717, 1.165) is 0 Å². The van der Waals surface area contributed by atoms with Crippen LogP contribution < -0.4 is 10.5 Å². The van der Waals surface area contributed by atoms with Crippen LogP contribution in [0.15, 0.2) is 12.3 Å². The maximum atomic E-state index is 11.3. The number of nitrogens with zero attached hydrogens (tertiary/aromatic N) is 1. The van der Waals surface area contributed by atoms with Gasteiger partial charge in [0.25, 0.3) is 0 Å². The Bertz CT molecular complexity index is 471. The number of pyridine rings is 1. The topological polar surface area (TPSA) is 85.4 Å². The van der Waals surface area contributed by atoms with Gasteiger partial charge in [0.1, 0.15) is 11.7 Å². The van der Waals surface area contributed by atoms with Gasteiger partial charge in [0.15, 0.2) is 5.78 Å². The Morgan fingerprint density at radius 3 is 2.82 bits per heavy atom. The van der Waals surface area contributed by atoms with Crippen molar-refractivity contribution in [1.82, 2.24) is 4.98 Å². The largest absolute Gasteiger partial charge is 0.469 e. The van der Waals surface area contributed by atoms with Gasteiger partial charge in [0, 0.05) is 17.3 Å². The number of rotatable bonds is 1. The number of aromatic nitrogens is 1. The predicted octanol–water partition coefficient (Wildman–Crippen LogP) is 0.816. The summed E-state index contributed by atoms with van der Waals surface area (Å²) in [7, 11) is 0. The number of carbonyl (C=O) groups is 1. The minimum Gasteiger partial charge on any atom is -0.469 e. The summed E-state index contributed by atoms with van der Waals surface area (Å²) in [6.07, 6.45) is 0.626. The second-order valence-electron chi connectivity index (χ2n) is 4.85. The van der Waals surface area contributed by atoms with Crippen LogP contribution in [0.25, 0.3) is 0 Å².